The maximum Gasteiger partial charge on any atom is 0.106 e. The van der Waals surface area contributed by atoms with Crippen molar-refractivity contribution in [2.45, 2.75) is 71.5 Å². The number of nitrogens with zero attached hydrogens (tertiary/aromatic N) is 3. The molecule has 0 radical (unpaired) electrons. The average Bonchev–Trinajstić information content (AvgIpc) is 2.46. The third-order valence-electron chi connectivity index (χ3n) is 4.72. The van der Waals surface area contributed by atoms with Crippen LogP contribution in [0.5, 0.6) is 0 Å². The fourth-order valence-corrected chi connectivity index (χ4v) is 3.42. The monoisotopic (exact) mass is 294 g/mol. The number of likely N-dealkylation sites (N-methyl/N-ethyl adjacent to an activating group) is 1. The van der Waals surface area contributed by atoms with Gasteiger partial charge in [0.05, 0.1) is 6.07 Å². The lowest BCUT2D eigenvalue weighted by Gasteiger charge is -2.39. The van der Waals surface area contributed by atoms with Crippen LogP contribution in [0.25, 0.3) is 0 Å². The van der Waals surface area contributed by atoms with Crippen molar-refractivity contribution in [3.8, 4) is 6.07 Å². The van der Waals surface area contributed by atoms with Crippen molar-refractivity contribution in [2.75, 3.05) is 32.7 Å². The van der Waals surface area contributed by atoms with Crippen LogP contribution in [-0.4, -0.2) is 60.1 Å². The van der Waals surface area contributed by atoms with Crippen molar-refractivity contribution in [2.24, 2.45) is 0 Å². The van der Waals surface area contributed by atoms with Gasteiger partial charge in [0.25, 0.3) is 0 Å². The number of nitriles is 1. The molecule has 1 saturated heterocycles. The Morgan fingerprint density at radius 1 is 1.33 bits per heavy atom. The molecule has 1 rings (SSSR count). The van der Waals surface area contributed by atoms with Crippen LogP contribution in [0.15, 0.2) is 0 Å². The second-order valence-corrected chi connectivity index (χ2v) is 6.73. The second-order valence-electron chi connectivity index (χ2n) is 6.73. The van der Waals surface area contributed by atoms with Crippen LogP contribution in [-0.2, 0) is 0 Å². The second kappa shape index (κ2) is 8.73. The number of rotatable bonds is 8. The standard InChI is InChI=1S/C17H34N4/c1-6-17(14-18,19-15(3)4)9-8-10-20-11-12-21(7-2)16(5)13-20/h15-16,19H,6-13H2,1-5H3. The molecule has 0 amide bonds. The van der Waals surface area contributed by atoms with Gasteiger partial charge in [0.2, 0.25) is 0 Å². The Morgan fingerprint density at radius 3 is 2.52 bits per heavy atom. The minimum absolute atomic E-state index is 0.342. The molecule has 2 unspecified atom stereocenters. The van der Waals surface area contributed by atoms with Crippen LogP contribution < -0.4 is 5.32 Å². The normalized spacial score (nSPS) is 24.0. The molecular formula is C17H34N4. The SMILES string of the molecule is CCN1CCN(CCCC(C#N)(CC)NC(C)C)CC1C. The molecule has 0 aromatic rings. The highest BCUT2D eigenvalue weighted by Gasteiger charge is 2.28. The highest BCUT2D eigenvalue weighted by Crippen LogP contribution is 2.19. The van der Waals surface area contributed by atoms with E-state index in [0.717, 1.165) is 38.9 Å². The molecule has 1 aliphatic rings. The van der Waals surface area contributed by atoms with Gasteiger partial charge in [-0.15, -0.1) is 0 Å². The summed E-state index contributed by atoms with van der Waals surface area (Å²) in [5.41, 5.74) is -0.342. The quantitative estimate of drug-likeness (QED) is 0.747. The van der Waals surface area contributed by atoms with Gasteiger partial charge >= 0.3 is 0 Å². The fraction of sp³-hybridized carbons (Fsp3) is 0.941. The molecule has 122 valence electrons. The summed E-state index contributed by atoms with van der Waals surface area (Å²) in [5, 5.41) is 13.0. The number of hydrogen-bond donors (Lipinski definition) is 1. The molecule has 1 aliphatic heterocycles. The van der Waals surface area contributed by atoms with E-state index in [9.17, 15) is 5.26 Å². The lowest BCUT2D eigenvalue weighted by molar-refractivity contribution is 0.0856. The first-order valence-corrected chi connectivity index (χ1v) is 8.61. The summed E-state index contributed by atoms with van der Waals surface area (Å²) in [4.78, 5) is 5.10. The van der Waals surface area contributed by atoms with E-state index < -0.39 is 0 Å². The largest absolute Gasteiger partial charge is 0.301 e. The summed E-state index contributed by atoms with van der Waals surface area (Å²) in [7, 11) is 0. The molecule has 0 spiro atoms. The van der Waals surface area contributed by atoms with E-state index in [-0.39, 0.29) is 5.54 Å². The van der Waals surface area contributed by atoms with E-state index in [1.807, 2.05) is 0 Å². The van der Waals surface area contributed by atoms with Crippen LogP contribution in [0.2, 0.25) is 0 Å². The maximum absolute atomic E-state index is 9.54. The molecule has 0 bridgehead atoms. The molecule has 4 heteroatoms. The van der Waals surface area contributed by atoms with Crippen molar-refractivity contribution in [1.82, 2.24) is 15.1 Å². The third kappa shape index (κ3) is 5.58. The summed E-state index contributed by atoms with van der Waals surface area (Å²) in [6.07, 6.45) is 2.92. The predicted octanol–water partition coefficient (Wildman–Crippen LogP) is 2.46. The average molecular weight is 294 g/mol. The minimum Gasteiger partial charge on any atom is -0.301 e. The van der Waals surface area contributed by atoms with Gasteiger partial charge in [-0.25, -0.2) is 0 Å². The lowest BCUT2D eigenvalue weighted by atomic mass is 9.91. The van der Waals surface area contributed by atoms with E-state index in [1.54, 1.807) is 0 Å². The molecule has 1 fully saturated rings. The fourth-order valence-electron chi connectivity index (χ4n) is 3.42. The topological polar surface area (TPSA) is 42.3 Å². The Kier molecular flexibility index (Phi) is 7.65. The first kappa shape index (κ1) is 18.4. The lowest BCUT2D eigenvalue weighted by Crippen LogP contribution is -2.52. The summed E-state index contributed by atoms with van der Waals surface area (Å²) < 4.78 is 0. The first-order valence-electron chi connectivity index (χ1n) is 8.61. The van der Waals surface area contributed by atoms with Crippen molar-refractivity contribution < 1.29 is 0 Å². The van der Waals surface area contributed by atoms with E-state index >= 15 is 0 Å². The molecule has 0 aromatic heterocycles. The van der Waals surface area contributed by atoms with Crippen LogP contribution in [0.3, 0.4) is 0 Å². The van der Waals surface area contributed by atoms with Gasteiger partial charge < -0.3 is 4.90 Å². The van der Waals surface area contributed by atoms with Crippen LogP contribution in [0.4, 0.5) is 0 Å². The third-order valence-corrected chi connectivity index (χ3v) is 4.72. The summed E-state index contributed by atoms with van der Waals surface area (Å²) in [5.74, 6) is 0. The van der Waals surface area contributed by atoms with Gasteiger partial charge in [-0.3, -0.25) is 10.2 Å². The number of hydrogen-bond acceptors (Lipinski definition) is 4. The molecular weight excluding hydrogens is 260 g/mol. The zero-order chi connectivity index (χ0) is 15.9. The van der Waals surface area contributed by atoms with E-state index in [2.05, 4.69) is 55.8 Å². The Morgan fingerprint density at radius 2 is 2.05 bits per heavy atom. The van der Waals surface area contributed by atoms with Crippen LogP contribution in [0, 0.1) is 11.3 Å². The first-order chi connectivity index (χ1) is 9.96. The van der Waals surface area contributed by atoms with Crippen molar-refractivity contribution in [3.05, 3.63) is 0 Å². The molecule has 1 N–H and O–H groups in total. The summed E-state index contributed by atoms with van der Waals surface area (Å²) >= 11 is 0. The zero-order valence-electron chi connectivity index (χ0n) is 14.7. The van der Waals surface area contributed by atoms with Crippen molar-refractivity contribution >= 4 is 0 Å². The predicted molar refractivity (Wildman–Crippen MR) is 89.3 cm³/mol. The number of piperazine rings is 1. The summed E-state index contributed by atoms with van der Waals surface area (Å²) in [6, 6.07) is 3.54. The Balaban J connectivity index is 2.40. The van der Waals surface area contributed by atoms with Gasteiger partial charge in [0.1, 0.15) is 5.54 Å². The highest BCUT2D eigenvalue weighted by molar-refractivity contribution is 5.06. The minimum atomic E-state index is -0.342. The molecule has 4 nitrogen and oxygen atoms in total. The van der Waals surface area contributed by atoms with Gasteiger partial charge in [-0.2, -0.15) is 5.26 Å². The Hall–Kier alpha value is -0.630. The van der Waals surface area contributed by atoms with Gasteiger partial charge in [-0.1, -0.05) is 13.8 Å². The molecule has 0 aromatic carbocycles. The molecule has 2 atom stereocenters. The molecule has 1 heterocycles. The zero-order valence-corrected chi connectivity index (χ0v) is 14.7. The highest BCUT2D eigenvalue weighted by atomic mass is 15.3. The van der Waals surface area contributed by atoms with Gasteiger partial charge in [-0.05, 0) is 53.1 Å². The van der Waals surface area contributed by atoms with Crippen molar-refractivity contribution in [3.63, 3.8) is 0 Å². The Labute approximate surface area is 131 Å². The van der Waals surface area contributed by atoms with Crippen LogP contribution in [0.1, 0.15) is 53.9 Å². The summed E-state index contributed by atoms with van der Waals surface area (Å²) in [6.45, 7) is 16.7. The van der Waals surface area contributed by atoms with Crippen molar-refractivity contribution in [1.29, 1.82) is 5.26 Å². The van der Waals surface area contributed by atoms with E-state index in [1.165, 1.54) is 13.1 Å². The van der Waals surface area contributed by atoms with Gasteiger partial charge in [0.15, 0.2) is 0 Å². The maximum atomic E-state index is 9.54. The number of nitrogens with one attached hydrogen (secondary N) is 1. The molecule has 0 saturated carbocycles. The van der Waals surface area contributed by atoms with E-state index in [4.69, 9.17) is 0 Å². The van der Waals surface area contributed by atoms with E-state index in [0.29, 0.717) is 12.1 Å². The van der Waals surface area contributed by atoms with Gasteiger partial charge in [0, 0.05) is 31.7 Å². The smallest absolute Gasteiger partial charge is 0.106 e. The molecule has 21 heavy (non-hydrogen) atoms. The molecule has 0 aliphatic carbocycles. The Bertz CT molecular complexity index is 336. The van der Waals surface area contributed by atoms with Crippen LogP contribution >= 0.6 is 0 Å².